The summed E-state index contributed by atoms with van der Waals surface area (Å²) in [5.74, 6) is 1.03. The molecule has 23 heavy (non-hydrogen) atoms. The monoisotopic (exact) mass is 326 g/mol. The lowest BCUT2D eigenvalue weighted by molar-refractivity contribution is -0.115. The number of carbonyl (C=O) groups is 1. The summed E-state index contributed by atoms with van der Waals surface area (Å²) in [6.45, 7) is 4.22. The highest BCUT2D eigenvalue weighted by molar-refractivity contribution is 7.13. The van der Waals surface area contributed by atoms with Gasteiger partial charge in [-0.25, -0.2) is 4.98 Å². The van der Waals surface area contributed by atoms with E-state index in [1.54, 1.807) is 6.26 Å². The molecule has 0 aliphatic heterocycles. The zero-order chi connectivity index (χ0) is 16.2. The maximum absolute atomic E-state index is 12.3. The molecule has 3 aromatic rings. The van der Waals surface area contributed by atoms with Crippen LogP contribution in [-0.2, 0) is 11.2 Å². The Morgan fingerprint density at radius 1 is 1.26 bits per heavy atom. The topological polar surface area (TPSA) is 55.1 Å². The Kier molecular flexibility index (Phi) is 4.57. The predicted octanol–water partition coefficient (Wildman–Crippen LogP) is 4.71. The van der Waals surface area contributed by atoms with Crippen molar-refractivity contribution in [1.82, 2.24) is 4.98 Å². The number of nitrogens with one attached hydrogen (secondary N) is 1. The maximum atomic E-state index is 12.3. The van der Waals surface area contributed by atoms with Crippen LogP contribution in [0.1, 0.15) is 31.0 Å². The highest BCUT2D eigenvalue weighted by atomic mass is 32.1. The fourth-order valence-electron chi connectivity index (χ4n) is 2.37. The van der Waals surface area contributed by atoms with Crippen molar-refractivity contribution < 1.29 is 9.21 Å². The maximum Gasteiger partial charge on any atom is 0.230 e. The van der Waals surface area contributed by atoms with E-state index < -0.39 is 0 Å². The fourth-order valence-corrected chi connectivity index (χ4v) is 3.16. The van der Waals surface area contributed by atoms with Gasteiger partial charge in [-0.2, -0.15) is 0 Å². The first kappa shape index (κ1) is 15.5. The molecule has 0 radical (unpaired) electrons. The number of thiazole rings is 1. The lowest BCUT2D eigenvalue weighted by Gasteiger charge is -2.13. The Bertz CT molecular complexity index is 791. The number of hydrogen-bond donors (Lipinski definition) is 1. The van der Waals surface area contributed by atoms with Crippen molar-refractivity contribution in [3.8, 4) is 10.8 Å². The largest absolute Gasteiger partial charge is 0.462 e. The summed E-state index contributed by atoms with van der Waals surface area (Å²) >= 11 is 1.48. The van der Waals surface area contributed by atoms with E-state index in [9.17, 15) is 4.79 Å². The van der Waals surface area contributed by atoms with Crippen LogP contribution >= 0.6 is 11.3 Å². The lowest BCUT2D eigenvalue weighted by atomic mass is 10.0. The molecule has 0 atom stereocenters. The molecule has 0 saturated carbocycles. The SMILES string of the molecule is CC(C)c1ccccc1NC(=O)Cc1csc(-c2ccco2)n1. The average Bonchev–Trinajstić information content (AvgIpc) is 3.18. The van der Waals surface area contributed by atoms with E-state index in [1.165, 1.54) is 11.3 Å². The van der Waals surface area contributed by atoms with E-state index in [0.29, 0.717) is 5.92 Å². The zero-order valence-corrected chi connectivity index (χ0v) is 13.9. The third kappa shape index (κ3) is 3.68. The summed E-state index contributed by atoms with van der Waals surface area (Å²) < 4.78 is 5.32. The van der Waals surface area contributed by atoms with E-state index in [0.717, 1.165) is 27.7 Å². The Labute approximate surface area is 139 Å². The van der Waals surface area contributed by atoms with Gasteiger partial charge < -0.3 is 9.73 Å². The van der Waals surface area contributed by atoms with Crippen molar-refractivity contribution in [3.05, 3.63) is 59.3 Å². The number of anilines is 1. The van der Waals surface area contributed by atoms with Crippen molar-refractivity contribution in [2.45, 2.75) is 26.2 Å². The van der Waals surface area contributed by atoms with E-state index >= 15 is 0 Å². The highest BCUT2D eigenvalue weighted by Gasteiger charge is 2.13. The minimum absolute atomic E-state index is 0.0607. The summed E-state index contributed by atoms with van der Waals surface area (Å²) in [7, 11) is 0. The summed E-state index contributed by atoms with van der Waals surface area (Å²) in [6, 6.07) is 11.6. The number of nitrogens with zero attached hydrogens (tertiary/aromatic N) is 1. The number of benzene rings is 1. The fraction of sp³-hybridized carbons (Fsp3) is 0.222. The van der Waals surface area contributed by atoms with Gasteiger partial charge in [0.05, 0.1) is 18.4 Å². The second-order valence-electron chi connectivity index (χ2n) is 5.59. The summed E-state index contributed by atoms with van der Waals surface area (Å²) in [6.07, 6.45) is 1.87. The van der Waals surface area contributed by atoms with Crippen molar-refractivity contribution in [2.75, 3.05) is 5.32 Å². The van der Waals surface area contributed by atoms with E-state index in [-0.39, 0.29) is 12.3 Å². The number of carbonyl (C=O) groups excluding carboxylic acids is 1. The Morgan fingerprint density at radius 3 is 2.83 bits per heavy atom. The predicted molar refractivity (Wildman–Crippen MR) is 92.7 cm³/mol. The van der Waals surface area contributed by atoms with Crippen molar-refractivity contribution in [2.24, 2.45) is 0 Å². The molecular weight excluding hydrogens is 308 g/mol. The molecule has 0 bridgehead atoms. The smallest absolute Gasteiger partial charge is 0.230 e. The standard InChI is InChI=1S/C18H18N2O2S/c1-12(2)14-6-3-4-7-15(14)20-17(21)10-13-11-23-18(19-13)16-8-5-9-22-16/h3-9,11-12H,10H2,1-2H3,(H,20,21). The molecule has 1 amide bonds. The van der Waals surface area contributed by atoms with Crippen LogP contribution in [0.15, 0.2) is 52.5 Å². The van der Waals surface area contributed by atoms with Crippen molar-refractivity contribution >= 4 is 22.9 Å². The molecule has 1 N–H and O–H groups in total. The van der Waals surface area contributed by atoms with Crippen LogP contribution in [-0.4, -0.2) is 10.9 Å². The Balaban J connectivity index is 1.69. The molecule has 4 nitrogen and oxygen atoms in total. The van der Waals surface area contributed by atoms with Gasteiger partial charge in [0.25, 0.3) is 0 Å². The minimum atomic E-state index is -0.0607. The number of hydrogen-bond acceptors (Lipinski definition) is 4. The number of rotatable bonds is 5. The van der Waals surface area contributed by atoms with Gasteiger partial charge >= 0.3 is 0 Å². The van der Waals surface area contributed by atoms with Gasteiger partial charge in [0, 0.05) is 11.1 Å². The quantitative estimate of drug-likeness (QED) is 0.739. The van der Waals surface area contributed by atoms with Gasteiger partial charge in [0.2, 0.25) is 5.91 Å². The van der Waals surface area contributed by atoms with Crippen LogP contribution in [0.2, 0.25) is 0 Å². The molecule has 2 heterocycles. The first-order chi connectivity index (χ1) is 11.1. The number of aromatic nitrogens is 1. The van der Waals surface area contributed by atoms with Gasteiger partial charge in [-0.05, 0) is 29.7 Å². The third-order valence-corrected chi connectivity index (χ3v) is 4.39. The van der Waals surface area contributed by atoms with Gasteiger partial charge in [-0.1, -0.05) is 32.0 Å². The first-order valence-electron chi connectivity index (χ1n) is 7.50. The van der Waals surface area contributed by atoms with Crippen LogP contribution in [0.4, 0.5) is 5.69 Å². The average molecular weight is 326 g/mol. The second kappa shape index (κ2) is 6.79. The summed E-state index contributed by atoms with van der Waals surface area (Å²) in [4.78, 5) is 16.7. The van der Waals surface area contributed by atoms with Gasteiger partial charge in [0.1, 0.15) is 0 Å². The third-order valence-electron chi connectivity index (χ3n) is 3.48. The van der Waals surface area contributed by atoms with E-state index in [1.807, 2.05) is 41.8 Å². The number of furan rings is 1. The summed E-state index contributed by atoms with van der Waals surface area (Å²) in [5, 5.41) is 5.67. The lowest BCUT2D eigenvalue weighted by Crippen LogP contribution is -2.16. The molecule has 0 unspecified atom stereocenters. The van der Waals surface area contributed by atoms with E-state index in [4.69, 9.17) is 4.42 Å². The van der Waals surface area contributed by atoms with E-state index in [2.05, 4.69) is 24.1 Å². The molecule has 3 rings (SSSR count). The number of amides is 1. The molecule has 0 aliphatic carbocycles. The summed E-state index contributed by atoms with van der Waals surface area (Å²) in [5.41, 5.74) is 2.75. The molecule has 0 fully saturated rings. The first-order valence-corrected chi connectivity index (χ1v) is 8.38. The minimum Gasteiger partial charge on any atom is -0.462 e. The second-order valence-corrected chi connectivity index (χ2v) is 6.45. The van der Waals surface area contributed by atoms with Gasteiger partial charge in [-0.15, -0.1) is 11.3 Å². The molecule has 1 aromatic carbocycles. The Morgan fingerprint density at radius 2 is 2.09 bits per heavy atom. The Hall–Kier alpha value is -2.40. The zero-order valence-electron chi connectivity index (χ0n) is 13.1. The van der Waals surface area contributed by atoms with Crippen LogP contribution < -0.4 is 5.32 Å². The highest BCUT2D eigenvalue weighted by Crippen LogP contribution is 2.25. The molecule has 5 heteroatoms. The molecule has 0 saturated heterocycles. The molecule has 0 aliphatic rings. The van der Waals surface area contributed by atoms with Crippen LogP contribution in [0.25, 0.3) is 10.8 Å². The molecule has 2 aromatic heterocycles. The van der Waals surface area contributed by atoms with Gasteiger partial charge in [-0.3, -0.25) is 4.79 Å². The van der Waals surface area contributed by atoms with Crippen molar-refractivity contribution in [1.29, 1.82) is 0 Å². The normalized spacial score (nSPS) is 10.9. The number of para-hydroxylation sites is 1. The van der Waals surface area contributed by atoms with Crippen LogP contribution in [0, 0.1) is 0 Å². The van der Waals surface area contributed by atoms with Crippen molar-refractivity contribution in [3.63, 3.8) is 0 Å². The molecular formula is C18H18N2O2S. The molecule has 0 spiro atoms. The van der Waals surface area contributed by atoms with Crippen LogP contribution in [0.5, 0.6) is 0 Å². The van der Waals surface area contributed by atoms with Crippen LogP contribution in [0.3, 0.4) is 0 Å². The molecule has 118 valence electrons. The van der Waals surface area contributed by atoms with Gasteiger partial charge in [0.15, 0.2) is 10.8 Å².